The third kappa shape index (κ3) is 1.88. The second-order valence-corrected chi connectivity index (χ2v) is 3.55. The highest BCUT2D eigenvalue weighted by Gasteiger charge is 2.15. The number of hydrogen-bond acceptors (Lipinski definition) is 3. The van der Waals surface area contributed by atoms with E-state index in [0.29, 0.717) is 6.04 Å². The van der Waals surface area contributed by atoms with Crippen LogP contribution in [0, 0.1) is 0 Å². The molecule has 13 heavy (non-hydrogen) atoms. The minimum atomic E-state index is 0.604. The molecule has 1 unspecified atom stereocenters. The van der Waals surface area contributed by atoms with Crippen molar-refractivity contribution in [3.63, 3.8) is 0 Å². The Balaban J connectivity index is 1.99. The maximum Gasteiger partial charge on any atom is 0.0725 e. The van der Waals surface area contributed by atoms with Crippen LogP contribution in [0.25, 0.3) is 0 Å². The fourth-order valence-electron chi connectivity index (χ4n) is 1.83. The Morgan fingerprint density at radius 3 is 3.31 bits per heavy atom. The molecule has 0 aromatic carbocycles. The molecule has 0 radical (unpaired) electrons. The van der Waals surface area contributed by atoms with Crippen LogP contribution in [0.5, 0.6) is 0 Å². The Morgan fingerprint density at radius 1 is 1.69 bits per heavy atom. The molecular weight excluding hydrogens is 164 g/mol. The standard InChI is InChI=1S/C9H16N4/c1-2-9-6-11-12-13(9)7-8-4-3-5-10-8/h6,8,10H,2-5,7H2,1H3. The monoisotopic (exact) mass is 180 g/mol. The highest BCUT2D eigenvalue weighted by atomic mass is 15.4. The molecule has 1 atom stereocenters. The topological polar surface area (TPSA) is 42.7 Å². The fourth-order valence-corrected chi connectivity index (χ4v) is 1.83. The van der Waals surface area contributed by atoms with Crippen LogP contribution >= 0.6 is 0 Å². The second-order valence-electron chi connectivity index (χ2n) is 3.55. The van der Waals surface area contributed by atoms with Crippen LogP contribution < -0.4 is 5.32 Å². The zero-order valence-electron chi connectivity index (χ0n) is 8.03. The van der Waals surface area contributed by atoms with Crippen LogP contribution in [-0.4, -0.2) is 27.6 Å². The van der Waals surface area contributed by atoms with E-state index < -0.39 is 0 Å². The smallest absolute Gasteiger partial charge is 0.0725 e. The molecule has 0 spiro atoms. The van der Waals surface area contributed by atoms with Gasteiger partial charge in [0.2, 0.25) is 0 Å². The van der Waals surface area contributed by atoms with Crippen molar-refractivity contribution in [2.75, 3.05) is 6.54 Å². The molecule has 0 aliphatic carbocycles. The third-order valence-electron chi connectivity index (χ3n) is 2.62. The molecular formula is C9H16N4. The molecule has 1 N–H and O–H groups in total. The number of nitrogens with zero attached hydrogens (tertiary/aromatic N) is 3. The minimum absolute atomic E-state index is 0.604. The molecule has 1 aromatic heterocycles. The van der Waals surface area contributed by atoms with Gasteiger partial charge < -0.3 is 5.32 Å². The van der Waals surface area contributed by atoms with E-state index in [4.69, 9.17) is 0 Å². The summed E-state index contributed by atoms with van der Waals surface area (Å²) in [4.78, 5) is 0. The predicted molar refractivity (Wildman–Crippen MR) is 50.4 cm³/mol. The summed E-state index contributed by atoms with van der Waals surface area (Å²) in [7, 11) is 0. The number of aryl methyl sites for hydroxylation is 1. The lowest BCUT2D eigenvalue weighted by atomic mass is 10.2. The Bertz CT molecular complexity index is 262. The summed E-state index contributed by atoms with van der Waals surface area (Å²) in [5.74, 6) is 0. The van der Waals surface area contributed by atoms with Gasteiger partial charge in [-0.25, -0.2) is 4.68 Å². The van der Waals surface area contributed by atoms with Crippen molar-refractivity contribution in [2.45, 2.75) is 38.8 Å². The van der Waals surface area contributed by atoms with E-state index in [1.807, 2.05) is 10.9 Å². The summed E-state index contributed by atoms with van der Waals surface area (Å²) in [6.07, 6.45) is 5.43. The normalized spacial score (nSPS) is 22.4. The molecule has 1 aromatic rings. The lowest BCUT2D eigenvalue weighted by molar-refractivity contribution is 0.456. The van der Waals surface area contributed by atoms with Crippen molar-refractivity contribution < 1.29 is 0 Å². The van der Waals surface area contributed by atoms with Gasteiger partial charge in [-0.3, -0.25) is 0 Å². The molecule has 1 fully saturated rings. The maximum absolute atomic E-state index is 4.08. The van der Waals surface area contributed by atoms with Gasteiger partial charge in [0.25, 0.3) is 0 Å². The average Bonchev–Trinajstić information content (AvgIpc) is 2.76. The average molecular weight is 180 g/mol. The summed E-state index contributed by atoms with van der Waals surface area (Å²) in [5, 5.41) is 11.5. The van der Waals surface area contributed by atoms with E-state index >= 15 is 0 Å². The van der Waals surface area contributed by atoms with Gasteiger partial charge in [0.05, 0.1) is 18.4 Å². The molecule has 1 saturated heterocycles. The van der Waals surface area contributed by atoms with Crippen LogP contribution in [0.2, 0.25) is 0 Å². The molecule has 0 amide bonds. The lowest BCUT2D eigenvalue weighted by Gasteiger charge is -2.10. The first-order valence-corrected chi connectivity index (χ1v) is 5.01. The quantitative estimate of drug-likeness (QED) is 0.740. The first kappa shape index (κ1) is 8.69. The molecule has 1 aliphatic heterocycles. The van der Waals surface area contributed by atoms with Gasteiger partial charge in [-0.15, -0.1) is 5.10 Å². The van der Waals surface area contributed by atoms with Crippen molar-refractivity contribution in [3.05, 3.63) is 11.9 Å². The van der Waals surface area contributed by atoms with Gasteiger partial charge in [-0.1, -0.05) is 12.1 Å². The van der Waals surface area contributed by atoms with Gasteiger partial charge in [-0.2, -0.15) is 0 Å². The zero-order valence-corrected chi connectivity index (χ0v) is 8.03. The summed E-state index contributed by atoms with van der Waals surface area (Å²) in [5.41, 5.74) is 1.23. The van der Waals surface area contributed by atoms with Gasteiger partial charge in [0.15, 0.2) is 0 Å². The summed E-state index contributed by atoms with van der Waals surface area (Å²) in [6.45, 7) is 4.27. The predicted octanol–water partition coefficient (Wildman–Crippen LogP) is 0.592. The molecule has 1 aliphatic rings. The Morgan fingerprint density at radius 2 is 2.62 bits per heavy atom. The number of hydrogen-bond donors (Lipinski definition) is 1. The highest BCUT2D eigenvalue weighted by molar-refractivity contribution is 4.93. The number of rotatable bonds is 3. The first-order chi connectivity index (χ1) is 6.40. The SMILES string of the molecule is CCc1cnnn1CC1CCCN1. The van der Waals surface area contributed by atoms with Crippen molar-refractivity contribution in [2.24, 2.45) is 0 Å². The first-order valence-electron chi connectivity index (χ1n) is 5.01. The molecule has 4 nitrogen and oxygen atoms in total. The largest absolute Gasteiger partial charge is 0.312 e. The van der Waals surface area contributed by atoms with Crippen molar-refractivity contribution in [1.29, 1.82) is 0 Å². The molecule has 0 saturated carbocycles. The van der Waals surface area contributed by atoms with Crippen LogP contribution in [0.3, 0.4) is 0 Å². The van der Waals surface area contributed by atoms with Gasteiger partial charge in [0.1, 0.15) is 0 Å². The molecule has 2 heterocycles. The summed E-state index contributed by atoms with van der Waals surface area (Å²) >= 11 is 0. The Kier molecular flexibility index (Phi) is 2.59. The molecule has 4 heteroatoms. The lowest BCUT2D eigenvalue weighted by Crippen LogP contribution is -2.27. The Labute approximate surface area is 78.3 Å². The van der Waals surface area contributed by atoms with Crippen LogP contribution in [0.15, 0.2) is 6.20 Å². The number of nitrogens with one attached hydrogen (secondary N) is 1. The van der Waals surface area contributed by atoms with E-state index in [1.165, 1.54) is 18.5 Å². The van der Waals surface area contributed by atoms with Crippen LogP contribution in [-0.2, 0) is 13.0 Å². The van der Waals surface area contributed by atoms with Gasteiger partial charge in [0, 0.05) is 6.04 Å². The van der Waals surface area contributed by atoms with Crippen molar-refractivity contribution in [1.82, 2.24) is 20.3 Å². The maximum atomic E-state index is 4.08. The van der Waals surface area contributed by atoms with E-state index in [2.05, 4.69) is 22.6 Å². The molecule has 0 bridgehead atoms. The van der Waals surface area contributed by atoms with Crippen molar-refractivity contribution >= 4 is 0 Å². The van der Waals surface area contributed by atoms with Gasteiger partial charge in [-0.05, 0) is 25.8 Å². The van der Waals surface area contributed by atoms with Gasteiger partial charge >= 0.3 is 0 Å². The van der Waals surface area contributed by atoms with Crippen molar-refractivity contribution in [3.8, 4) is 0 Å². The van der Waals surface area contributed by atoms with Crippen LogP contribution in [0.1, 0.15) is 25.5 Å². The summed E-state index contributed by atoms with van der Waals surface area (Å²) in [6, 6.07) is 0.604. The highest BCUT2D eigenvalue weighted by Crippen LogP contribution is 2.08. The number of aromatic nitrogens is 3. The Hall–Kier alpha value is -0.900. The zero-order chi connectivity index (χ0) is 9.10. The van der Waals surface area contributed by atoms with E-state index in [9.17, 15) is 0 Å². The van der Waals surface area contributed by atoms with E-state index in [-0.39, 0.29) is 0 Å². The summed E-state index contributed by atoms with van der Waals surface area (Å²) < 4.78 is 2.02. The van der Waals surface area contributed by atoms with E-state index in [0.717, 1.165) is 19.5 Å². The van der Waals surface area contributed by atoms with E-state index in [1.54, 1.807) is 0 Å². The second kappa shape index (κ2) is 3.87. The third-order valence-corrected chi connectivity index (χ3v) is 2.62. The minimum Gasteiger partial charge on any atom is -0.312 e. The molecule has 2 rings (SSSR count). The fraction of sp³-hybridized carbons (Fsp3) is 0.778. The van der Waals surface area contributed by atoms with Crippen LogP contribution in [0.4, 0.5) is 0 Å². The molecule has 72 valence electrons.